The third kappa shape index (κ3) is 2.16. The predicted octanol–water partition coefficient (Wildman–Crippen LogP) is 0.0971. The summed E-state index contributed by atoms with van der Waals surface area (Å²) >= 11 is 0. The Bertz CT molecular complexity index is 239. The first kappa shape index (κ1) is 10.9. The van der Waals surface area contributed by atoms with Crippen molar-refractivity contribution in [2.24, 2.45) is 11.7 Å². The van der Waals surface area contributed by atoms with Gasteiger partial charge in [0.1, 0.15) is 0 Å². The molecule has 0 bridgehead atoms. The van der Waals surface area contributed by atoms with Gasteiger partial charge in [-0.25, -0.2) is 0 Å². The van der Waals surface area contributed by atoms with Crippen molar-refractivity contribution >= 4 is 5.91 Å². The second-order valence-electron chi connectivity index (χ2n) is 4.72. The molecule has 0 aromatic heterocycles. The molecule has 15 heavy (non-hydrogen) atoms. The Morgan fingerprint density at radius 3 is 2.47 bits per heavy atom. The van der Waals surface area contributed by atoms with Crippen molar-refractivity contribution in [1.29, 1.82) is 0 Å². The molecule has 1 saturated carbocycles. The van der Waals surface area contributed by atoms with Gasteiger partial charge in [-0.05, 0) is 25.7 Å². The molecule has 3 N–H and O–H groups in total. The number of nitrogens with two attached hydrogens (primary N) is 1. The largest absolute Gasteiger partial charge is 0.393 e. The molecule has 3 atom stereocenters. The highest BCUT2D eigenvalue weighted by Gasteiger charge is 2.36. The van der Waals surface area contributed by atoms with Crippen LogP contribution in [0.2, 0.25) is 0 Å². The van der Waals surface area contributed by atoms with Gasteiger partial charge in [-0.1, -0.05) is 6.42 Å². The Kier molecular flexibility index (Phi) is 3.26. The van der Waals surface area contributed by atoms with Crippen molar-refractivity contribution < 1.29 is 9.90 Å². The lowest BCUT2D eigenvalue weighted by Gasteiger charge is -2.26. The highest BCUT2D eigenvalue weighted by atomic mass is 16.3. The summed E-state index contributed by atoms with van der Waals surface area (Å²) in [4.78, 5) is 13.8. The Balaban J connectivity index is 1.94. The summed E-state index contributed by atoms with van der Waals surface area (Å²) in [7, 11) is 0. The minimum absolute atomic E-state index is 0.0156. The Morgan fingerprint density at radius 2 is 1.93 bits per heavy atom. The summed E-state index contributed by atoms with van der Waals surface area (Å²) < 4.78 is 0. The lowest BCUT2D eigenvalue weighted by molar-refractivity contribution is -0.133. The molecule has 1 heterocycles. The van der Waals surface area contributed by atoms with E-state index in [0.717, 1.165) is 45.2 Å². The van der Waals surface area contributed by atoms with Gasteiger partial charge in [0.25, 0.3) is 0 Å². The van der Waals surface area contributed by atoms with Crippen LogP contribution in [0, 0.1) is 5.92 Å². The molecule has 1 aliphatic heterocycles. The van der Waals surface area contributed by atoms with Crippen LogP contribution in [0.1, 0.15) is 32.1 Å². The molecular formula is C11H20N2O2. The number of carbonyl (C=O) groups excluding carboxylic acids is 1. The van der Waals surface area contributed by atoms with Gasteiger partial charge < -0.3 is 15.7 Å². The van der Waals surface area contributed by atoms with E-state index in [1.54, 1.807) is 0 Å². The maximum Gasteiger partial charge on any atom is 0.239 e. The van der Waals surface area contributed by atoms with Crippen LogP contribution in [-0.2, 0) is 4.79 Å². The van der Waals surface area contributed by atoms with Crippen LogP contribution in [0.5, 0.6) is 0 Å². The molecule has 2 rings (SSSR count). The van der Waals surface area contributed by atoms with Crippen LogP contribution < -0.4 is 5.73 Å². The normalized spacial score (nSPS) is 33.3. The topological polar surface area (TPSA) is 66.6 Å². The van der Waals surface area contributed by atoms with Crippen LogP contribution >= 0.6 is 0 Å². The Hall–Kier alpha value is -0.610. The smallest absolute Gasteiger partial charge is 0.239 e. The Labute approximate surface area is 90.4 Å². The van der Waals surface area contributed by atoms with Crippen molar-refractivity contribution in [3.63, 3.8) is 0 Å². The zero-order valence-corrected chi connectivity index (χ0v) is 9.06. The SMILES string of the molecule is NC(C(=O)N1CCCC1)C1CCCC1O. The molecule has 4 nitrogen and oxygen atoms in total. The standard InChI is InChI=1S/C11H20N2O2/c12-10(8-4-3-5-9(8)14)11(15)13-6-1-2-7-13/h8-10,14H,1-7,12H2. The number of likely N-dealkylation sites (tertiary alicyclic amines) is 1. The lowest BCUT2D eigenvalue weighted by Crippen LogP contribution is -2.48. The van der Waals surface area contributed by atoms with Crippen LogP contribution in [0.15, 0.2) is 0 Å². The fourth-order valence-corrected chi connectivity index (χ4v) is 2.72. The van der Waals surface area contributed by atoms with Gasteiger partial charge in [0.2, 0.25) is 5.91 Å². The van der Waals surface area contributed by atoms with E-state index in [1.165, 1.54) is 0 Å². The van der Waals surface area contributed by atoms with E-state index in [0.29, 0.717) is 0 Å². The zero-order chi connectivity index (χ0) is 10.8. The van der Waals surface area contributed by atoms with Gasteiger partial charge in [0.15, 0.2) is 0 Å². The number of hydrogen-bond donors (Lipinski definition) is 2. The first-order valence-corrected chi connectivity index (χ1v) is 5.92. The third-order valence-electron chi connectivity index (χ3n) is 3.70. The van der Waals surface area contributed by atoms with Crippen molar-refractivity contribution in [1.82, 2.24) is 4.90 Å². The monoisotopic (exact) mass is 212 g/mol. The van der Waals surface area contributed by atoms with Gasteiger partial charge in [0, 0.05) is 19.0 Å². The summed E-state index contributed by atoms with van der Waals surface area (Å²) in [6.07, 6.45) is 4.49. The average Bonchev–Trinajstić information content (AvgIpc) is 2.85. The molecule has 0 radical (unpaired) electrons. The van der Waals surface area contributed by atoms with E-state index < -0.39 is 6.04 Å². The van der Waals surface area contributed by atoms with Crippen LogP contribution in [-0.4, -0.2) is 41.1 Å². The molecule has 1 saturated heterocycles. The number of hydrogen-bond acceptors (Lipinski definition) is 3. The van der Waals surface area contributed by atoms with Gasteiger partial charge in [0.05, 0.1) is 12.1 Å². The second-order valence-corrected chi connectivity index (χ2v) is 4.72. The fourth-order valence-electron chi connectivity index (χ4n) is 2.72. The molecule has 0 aromatic rings. The van der Waals surface area contributed by atoms with E-state index in [-0.39, 0.29) is 17.9 Å². The van der Waals surface area contributed by atoms with E-state index in [1.807, 2.05) is 4.90 Å². The number of aliphatic hydroxyl groups excluding tert-OH is 1. The van der Waals surface area contributed by atoms with E-state index >= 15 is 0 Å². The van der Waals surface area contributed by atoms with Gasteiger partial charge in [-0.15, -0.1) is 0 Å². The molecule has 0 aromatic carbocycles. The zero-order valence-electron chi connectivity index (χ0n) is 9.06. The summed E-state index contributed by atoms with van der Waals surface area (Å²) in [6, 6.07) is -0.486. The highest BCUT2D eigenvalue weighted by Crippen LogP contribution is 2.28. The van der Waals surface area contributed by atoms with Crippen molar-refractivity contribution in [2.75, 3.05) is 13.1 Å². The van der Waals surface area contributed by atoms with Gasteiger partial charge >= 0.3 is 0 Å². The minimum Gasteiger partial charge on any atom is -0.393 e. The number of rotatable bonds is 2. The molecular weight excluding hydrogens is 192 g/mol. The highest BCUT2D eigenvalue weighted by molar-refractivity contribution is 5.82. The summed E-state index contributed by atoms with van der Waals surface area (Å²) in [5.74, 6) is 0.0246. The number of amides is 1. The molecule has 86 valence electrons. The second kappa shape index (κ2) is 4.49. The molecule has 3 unspecified atom stereocenters. The molecule has 0 spiro atoms. The van der Waals surface area contributed by atoms with Crippen molar-refractivity contribution in [3.05, 3.63) is 0 Å². The fraction of sp³-hybridized carbons (Fsp3) is 0.909. The molecule has 1 amide bonds. The van der Waals surface area contributed by atoms with E-state index in [2.05, 4.69) is 0 Å². The number of carbonyl (C=O) groups is 1. The van der Waals surface area contributed by atoms with Crippen molar-refractivity contribution in [3.8, 4) is 0 Å². The summed E-state index contributed by atoms with van der Waals surface area (Å²) in [5.41, 5.74) is 5.94. The van der Waals surface area contributed by atoms with E-state index in [4.69, 9.17) is 5.73 Å². The molecule has 2 fully saturated rings. The summed E-state index contributed by atoms with van der Waals surface area (Å²) in [5, 5.41) is 9.70. The average molecular weight is 212 g/mol. The van der Waals surface area contributed by atoms with Gasteiger partial charge in [-0.3, -0.25) is 4.79 Å². The maximum absolute atomic E-state index is 12.0. The predicted molar refractivity (Wildman–Crippen MR) is 57.1 cm³/mol. The number of nitrogens with zero attached hydrogens (tertiary/aromatic N) is 1. The van der Waals surface area contributed by atoms with Crippen LogP contribution in [0.25, 0.3) is 0 Å². The maximum atomic E-state index is 12.0. The summed E-state index contributed by atoms with van der Waals surface area (Å²) in [6.45, 7) is 1.69. The molecule has 4 heteroatoms. The molecule has 1 aliphatic carbocycles. The Morgan fingerprint density at radius 1 is 1.27 bits per heavy atom. The first-order chi connectivity index (χ1) is 7.20. The lowest BCUT2D eigenvalue weighted by atomic mass is 9.96. The third-order valence-corrected chi connectivity index (χ3v) is 3.70. The quantitative estimate of drug-likeness (QED) is 0.682. The minimum atomic E-state index is -0.486. The van der Waals surface area contributed by atoms with E-state index in [9.17, 15) is 9.90 Å². The van der Waals surface area contributed by atoms with Crippen LogP contribution in [0.4, 0.5) is 0 Å². The molecule has 2 aliphatic rings. The van der Waals surface area contributed by atoms with Crippen LogP contribution in [0.3, 0.4) is 0 Å². The van der Waals surface area contributed by atoms with Crippen molar-refractivity contribution in [2.45, 2.75) is 44.2 Å². The van der Waals surface area contributed by atoms with Gasteiger partial charge in [-0.2, -0.15) is 0 Å². The first-order valence-electron chi connectivity index (χ1n) is 5.92. The number of aliphatic hydroxyl groups is 1.